The van der Waals surface area contributed by atoms with Crippen molar-refractivity contribution < 1.29 is 9.47 Å². The van der Waals surface area contributed by atoms with Crippen LogP contribution in [0.4, 0.5) is 17.1 Å². The van der Waals surface area contributed by atoms with Crippen LogP contribution in [-0.2, 0) is 0 Å². The molecule has 0 aliphatic heterocycles. The number of allylic oxidation sites excluding steroid dienone is 2. The molecule has 0 amide bonds. The molecule has 0 N–H and O–H groups in total. The maximum atomic E-state index is 5.38. The third-order valence-corrected chi connectivity index (χ3v) is 7.09. The summed E-state index contributed by atoms with van der Waals surface area (Å²) in [5.41, 5.74) is 10.4. The molecule has 3 nitrogen and oxygen atoms in total. The molecule has 0 spiro atoms. The minimum Gasteiger partial charge on any atom is -0.497 e. The number of benzene rings is 5. The maximum Gasteiger partial charge on any atom is 0.119 e. The average molecular weight is 538 g/mol. The highest BCUT2D eigenvalue weighted by Crippen LogP contribution is 2.36. The van der Waals surface area contributed by atoms with Gasteiger partial charge in [0, 0.05) is 17.1 Å². The minimum atomic E-state index is 0.826. The minimum absolute atomic E-state index is 0.826. The Morgan fingerprint density at radius 3 is 1.29 bits per heavy atom. The highest BCUT2D eigenvalue weighted by Gasteiger charge is 2.13. The van der Waals surface area contributed by atoms with Crippen LogP contribution in [0.3, 0.4) is 0 Å². The first kappa shape index (κ1) is 27.5. The van der Waals surface area contributed by atoms with Gasteiger partial charge >= 0.3 is 0 Å². The number of hydrogen-bond acceptors (Lipinski definition) is 3. The smallest absolute Gasteiger partial charge is 0.119 e. The maximum absolute atomic E-state index is 5.38. The molecule has 41 heavy (non-hydrogen) atoms. The summed E-state index contributed by atoms with van der Waals surface area (Å²) in [6.07, 6.45) is 6.48. The zero-order valence-corrected chi connectivity index (χ0v) is 24.0. The molecule has 5 aromatic rings. The van der Waals surface area contributed by atoms with E-state index in [4.69, 9.17) is 9.47 Å². The summed E-state index contributed by atoms with van der Waals surface area (Å²) >= 11 is 0. The number of ether oxygens (including phenoxy) is 2. The molecule has 0 radical (unpaired) electrons. The number of methoxy groups -OCH3 is 2. The van der Waals surface area contributed by atoms with Crippen LogP contribution in [0.25, 0.3) is 11.6 Å². The summed E-state index contributed by atoms with van der Waals surface area (Å²) in [6, 6.07) is 42.2. The van der Waals surface area contributed by atoms with Gasteiger partial charge in [-0.25, -0.2) is 0 Å². The molecule has 0 aliphatic rings. The second-order valence-corrected chi connectivity index (χ2v) is 9.99. The molecule has 0 atom stereocenters. The monoisotopic (exact) mass is 537 g/mol. The van der Waals surface area contributed by atoms with Gasteiger partial charge in [0.2, 0.25) is 0 Å². The largest absolute Gasteiger partial charge is 0.497 e. The Hall–Kier alpha value is -5.02. The van der Waals surface area contributed by atoms with Gasteiger partial charge in [0.15, 0.2) is 0 Å². The lowest BCUT2D eigenvalue weighted by atomic mass is 9.96. The van der Waals surface area contributed by atoms with Crippen molar-refractivity contribution in [1.29, 1.82) is 0 Å². The number of rotatable bonds is 9. The van der Waals surface area contributed by atoms with Crippen LogP contribution in [0.1, 0.15) is 27.8 Å². The Balaban J connectivity index is 1.44. The van der Waals surface area contributed by atoms with E-state index in [2.05, 4.69) is 134 Å². The van der Waals surface area contributed by atoms with Crippen LogP contribution in [0.15, 0.2) is 133 Å². The van der Waals surface area contributed by atoms with Crippen LogP contribution >= 0.6 is 0 Å². The summed E-state index contributed by atoms with van der Waals surface area (Å²) in [6.45, 7) is 4.24. The van der Waals surface area contributed by atoms with E-state index in [1.54, 1.807) is 14.2 Å². The topological polar surface area (TPSA) is 21.7 Å². The molecule has 204 valence electrons. The van der Waals surface area contributed by atoms with E-state index in [-0.39, 0.29) is 0 Å². The normalized spacial score (nSPS) is 10.8. The van der Waals surface area contributed by atoms with Crippen molar-refractivity contribution in [3.8, 4) is 11.5 Å². The fourth-order valence-corrected chi connectivity index (χ4v) is 4.73. The van der Waals surface area contributed by atoms with Gasteiger partial charge in [0.25, 0.3) is 0 Å². The predicted molar refractivity (Wildman–Crippen MR) is 173 cm³/mol. The van der Waals surface area contributed by atoms with E-state index >= 15 is 0 Å². The van der Waals surface area contributed by atoms with Gasteiger partial charge in [-0.3, -0.25) is 0 Å². The lowest BCUT2D eigenvalue weighted by molar-refractivity contribution is 0.415. The first-order valence-corrected chi connectivity index (χ1v) is 13.7. The van der Waals surface area contributed by atoms with Crippen molar-refractivity contribution >= 4 is 28.7 Å². The van der Waals surface area contributed by atoms with Crippen LogP contribution in [-0.4, -0.2) is 14.2 Å². The van der Waals surface area contributed by atoms with E-state index in [1.807, 2.05) is 24.3 Å². The van der Waals surface area contributed by atoms with E-state index in [0.717, 1.165) is 34.1 Å². The molecule has 5 aromatic carbocycles. The molecular weight excluding hydrogens is 502 g/mol. The lowest BCUT2D eigenvalue weighted by Crippen LogP contribution is -2.09. The molecule has 0 saturated carbocycles. The van der Waals surface area contributed by atoms with Gasteiger partial charge in [0.05, 0.1) is 14.2 Å². The zero-order valence-electron chi connectivity index (χ0n) is 24.0. The van der Waals surface area contributed by atoms with Gasteiger partial charge < -0.3 is 14.4 Å². The fraction of sp³-hybridized carbons (Fsp3) is 0.105. The van der Waals surface area contributed by atoms with E-state index in [0.29, 0.717) is 0 Å². The third kappa shape index (κ3) is 6.77. The highest BCUT2D eigenvalue weighted by atomic mass is 16.5. The Kier molecular flexibility index (Phi) is 8.66. The van der Waals surface area contributed by atoms with Crippen molar-refractivity contribution in [2.24, 2.45) is 0 Å². The third-order valence-electron chi connectivity index (χ3n) is 7.09. The second kappa shape index (κ2) is 12.9. The predicted octanol–water partition coefficient (Wildman–Crippen LogP) is 9.94. The van der Waals surface area contributed by atoms with Gasteiger partial charge in [-0.15, -0.1) is 0 Å². The molecule has 0 fully saturated rings. The van der Waals surface area contributed by atoms with Crippen LogP contribution in [0.2, 0.25) is 0 Å². The Bertz CT molecular complexity index is 1520. The summed E-state index contributed by atoms with van der Waals surface area (Å²) in [5, 5.41) is 0. The first-order chi connectivity index (χ1) is 20.0. The molecule has 0 heterocycles. The van der Waals surface area contributed by atoms with Gasteiger partial charge in [-0.2, -0.15) is 0 Å². The number of hydrogen-bond donors (Lipinski definition) is 0. The molecule has 3 heteroatoms. The van der Waals surface area contributed by atoms with Crippen molar-refractivity contribution in [1.82, 2.24) is 0 Å². The Labute approximate surface area is 243 Å². The van der Waals surface area contributed by atoms with Crippen molar-refractivity contribution in [2.45, 2.75) is 13.8 Å². The SMILES string of the molecule is COc1ccc(N(c2ccc(C=CC=C(c3ccc(C)cc3)c3ccc(C)cc3)cc2)c2ccc(OC)cc2)cc1. The molecular formula is C38H35NO2. The van der Waals surface area contributed by atoms with E-state index in [1.165, 1.54) is 27.8 Å². The van der Waals surface area contributed by atoms with Gasteiger partial charge in [0.1, 0.15) is 11.5 Å². The lowest BCUT2D eigenvalue weighted by Gasteiger charge is -2.26. The highest BCUT2D eigenvalue weighted by molar-refractivity contribution is 5.82. The van der Waals surface area contributed by atoms with Gasteiger partial charge in [-0.05, 0) is 96.8 Å². The number of anilines is 3. The average Bonchev–Trinajstić information content (AvgIpc) is 3.02. The standard InChI is InChI=1S/C38H35NO2/c1-28-8-14-31(15-9-28)38(32-16-10-29(2)11-17-32)7-5-6-30-12-18-33(19-13-30)39(34-20-24-36(40-3)25-21-34)35-22-26-37(41-4)27-23-35/h5-27H,1-4H3. The molecule has 5 rings (SSSR count). The summed E-state index contributed by atoms with van der Waals surface area (Å²) in [5.74, 6) is 1.65. The molecule has 0 unspecified atom stereocenters. The molecule has 0 aromatic heterocycles. The Morgan fingerprint density at radius 1 is 0.512 bits per heavy atom. The molecule has 0 bridgehead atoms. The van der Waals surface area contributed by atoms with Crippen molar-refractivity contribution in [2.75, 3.05) is 19.1 Å². The zero-order chi connectivity index (χ0) is 28.6. The van der Waals surface area contributed by atoms with Crippen LogP contribution in [0.5, 0.6) is 11.5 Å². The van der Waals surface area contributed by atoms with Crippen LogP contribution in [0, 0.1) is 13.8 Å². The number of aryl methyl sites for hydroxylation is 2. The summed E-state index contributed by atoms with van der Waals surface area (Å²) < 4.78 is 10.8. The van der Waals surface area contributed by atoms with E-state index < -0.39 is 0 Å². The van der Waals surface area contributed by atoms with Gasteiger partial charge in [-0.1, -0.05) is 90.0 Å². The van der Waals surface area contributed by atoms with E-state index in [9.17, 15) is 0 Å². The summed E-state index contributed by atoms with van der Waals surface area (Å²) in [4.78, 5) is 2.22. The number of nitrogens with zero attached hydrogens (tertiary/aromatic N) is 1. The molecule has 0 aliphatic carbocycles. The second-order valence-electron chi connectivity index (χ2n) is 9.99. The van der Waals surface area contributed by atoms with Crippen LogP contribution < -0.4 is 14.4 Å². The Morgan fingerprint density at radius 2 is 0.902 bits per heavy atom. The summed E-state index contributed by atoms with van der Waals surface area (Å²) in [7, 11) is 3.37. The quantitative estimate of drug-likeness (QED) is 0.175. The first-order valence-electron chi connectivity index (χ1n) is 13.7. The molecule has 0 saturated heterocycles. The fourth-order valence-electron chi connectivity index (χ4n) is 4.73. The van der Waals surface area contributed by atoms with Crippen molar-refractivity contribution in [3.63, 3.8) is 0 Å². The van der Waals surface area contributed by atoms with Crippen molar-refractivity contribution in [3.05, 3.63) is 161 Å².